The second-order valence-electron chi connectivity index (χ2n) is 4.15. The molecule has 1 aromatic carbocycles. The summed E-state index contributed by atoms with van der Waals surface area (Å²) in [5, 5.41) is 0. The van der Waals surface area contributed by atoms with Crippen LogP contribution in [0.1, 0.15) is 20.8 Å². The number of nitrogens with two attached hydrogens (primary N) is 1. The lowest BCUT2D eigenvalue weighted by molar-refractivity contribution is 0.506. The fraction of sp³-hybridized carbons (Fsp3) is 0.500. The average molecular weight is 192 g/mol. The molecule has 0 aliphatic rings. The van der Waals surface area contributed by atoms with Gasteiger partial charge in [0.25, 0.3) is 0 Å². The first kappa shape index (κ1) is 10.9. The Hall–Kier alpha value is -1.18. The van der Waals surface area contributed by atoms with E-state index < -0.39 is 0 Å². The molecule has 0 saturated carbocycles. The summed E-state index contributed by atoms with van der Waals surface area (Å²) < 4.78 is 0. The van der Waals surface area contributed by atoms with Crippen LogP contribution in [0.2, 0.25) is 0 Å². The van der Waals surface area contributed by atoms with E-state index in [1.165, 1.54) is 0 Å². The average Bonchev–Trinajstić information content (AvgIpc) is 2.16. The molecule has 0 heterocycles. The molecule has 0 aliphatic heterocycles. The van der Waals surface area contributed by atoms with Crippen LogP contribution in [-0.4, -0.2) is 13.1 Å². The Labute approximate surface area is 86.7 Å². The van der Waals surface area contributed by atoms with Crippen molar-refractivity contribution in [3.63, 3.8) is 0 Å². The normalized spacial score (nSPS) is 12.9. The molecule has 2 nitrogen and oxygen atoms in total. The summed E-state index contributed by atoms with van der Waals surface area (Å²) in [6.45, 7) is 6.66. The van der Waals surface area contributed by atoms with E-state index in [0.29, 0.717) is 12.0 Å². The zero-order valence-electron chi connectivity index (χ0n) is 9.49. The van der Waals surface area contributed by atoms with E-state index >= 15 is 0 Å². The van der Waals surface area contributed by atoms with Gasteiger partial charge in [-0.05, 0) is 25.0 Å². The summed E-state index contributed by atoms with van der Waals surface area (Å²) in [6, 6.07) is 8.49. The number of rotatable bonds is 3. The van der Waals surface area contributed by atoms with E-state index in [0.717, 1.165) is 11.4 Å². The molecule has 1 atom stereocenters. The number of nitrogen functional groups attached to an aromatic ring is 1. The van der Waals surface area contributed by atoms with Gasteiger partial charge in [-0.25, -0.2) is 0 Å². The van der Waals surface area contributed by atoms with Gasteiger partial charge < -0.3 is 10.6 Å². The van der Waals surface area contributed by atoms with Crippen LogP contribution >= 0.6 is 0 Å². The van der Waals surface area contributed by atoms with Crippen LogP contribution in [0.4, 0.5) is 11.4 Å². The summed E-state index contributed by atoms with van der Waals surface area (Å²) in [5.41, 5.74) is 7.89. The van der Waals surface area contributed by atoms with Gasteiger partial charge in [0.15, 0.2) is 0 Å². The third-order valence-electron chi connectivity index (χ3n) is 2.89. The van der Waals surface area contributed by atoms with Gasteiger partial charge in [0, 0.05) is 13.1 Å². The molecule has 0 aliphatic carbocycles. The van der Waals surface area contributed by atoms with Gasteiger partial charge in [-0.2, -0.15) is 0 Å². The second kappa shape index (κ2) is 4.36. The first-order chi connectivity index (χ1) is 6.54. The Bertz CT molecular complexity index is 294. The molecule has 78 valence electrons. The largest absolute Gasteiger partial charge is 0.397 e. The van der Waals surface area contributed by atoms with Crippen LogP contribution < -0.4 is 10.6 Å². The molecule has 1 rings (SSSR count). The third-order valence-corrected chi connectivity index (χ3v) is 2.89. The lowest BCUT2D eigenvalue weighted by Crippen LogP contribution is -2.33. The molecule has 14 heavy (non-hydrogen) atoms. The van der Waals surface area contributed by atoms with Gasteiger partial charge in [0.2, 0.25) is 0 Å². The van der Waals surface area contributed by atoms with Crippen molar-refractivity contribution in [1.82, 2.24) is 0 Å². The van der Waals surface area contributed by atoms with Crippen molar-refractivity contribution < 1.29 is 0 Å². The van der Waals surface area contributed by atoms with Crippen molar-refractivity contribution >= 4 is 11.4 Å². The van der Waals surface area contributed by atoms with Gasteiger partial charge in [-0.3, -0.25) is 0 Å². The van der Waals surface area contributed by atoms with Crippen LogP contribution in [0.3, 0.4) is 0 Å². The molecule has 1 unspecified atom stereocenters. The van der Waals surface area contributed by atoms with E-state index in [9.17, 15) is 0 Å². The van der Waals surface area contributed by atoms with Crippen LogP contribution in [-0.2, 0) is 0 Å². The lowest BCUT2D eigenvalue weighted by atomic mass is 10.0. The molecule has 0 bridgehead atoms. The zero-order chi connectivity index (χ0) is 10.7. The van der Waals surface area contributed by atoms with Crippen molar-refractivity contribution in [2.75, 3.05) is 17.7 Å². The number of anilines is 2. The van der Waals surface area contributed by atoms with Gasteiger partial charge >= 0.3 is 0 Å². The minimum Gasteiger partial charge on any atom is -0.397 e. The maximum atomic E-state index is 5.92. The van der Waals surface area contributed by atoms with Crippen LogP contribution in [0.25, 0.3) is 0 Å². The maximum Gasteiger partial charge on any atom is 0.0599 e. The summed E-state index contributed by atoms with van der Waals surface area (Å²) >= 11 is 0. The van der Waals surface area contributed by atoms with Crippen molar-refractivity contribution in [1.29, 1.82) is 0 Å². The van der Waals surface area contributed by atoms with E-state index in [4.69, 9.17) is 5.73 Å². The number of nitrogens with zero attached hydrogens (tertiary/aromatic N) is 1. The predicted molar refractivity (Wildman–Crippen MR) is 63.6 cm³/mol. The molecule has 0 fully saturated rings. The highest BCUT2D eigenvalue weighted by molar-refractivity contribution is 5.67. The van der Waals surface area contributed by atoms with Gasteiger partial charge in [-0.1, -0.05) is 26.0 Å². The van der Waals surface area contributed by atoms with Crippen LogP contribution in [0.15, 0.2) is 24.3 Å². The highest BCUT2D eigenvalue weighted by Gasteiger charge is 2.14. The molecule has 1 aromatic rings. The molecule has 2 N–H and O–H groups in total. The monoisotopic (exact) mass is 192 g/mol. The van der Waals surface area contributed by atoms with E-state index in [1.54, 1.807) is 0 Å². The summed E-state index contributed by atoms with van der Waals surface area (Å²) in [6.07, 6.45) is 0. The smallest absolute Gasteiger partial charge is 0.0599 e. The van der Waals surface area contributed by atoms with Crippen LogP contribution in [0, 0.1) is 5.92 Å². The first-order valence-corrected chi connectivity index (χ1v) is 5.11. The van der Waals surface area contributed by atoms with E-state index in [1.807, 2.05) is 18.2 Å². The van der Waals surface area contributed by atoms with Crippen molar-refractivity contribution in [3.8, 4) is 0 Å². The molecular weight excluding hydrogens is 172 g/mol. The van der Waals surface area contributed by atoms with Crippen molar-refractivity contribution in [2.45, 2.75) is 26.8 Å². The predicted octanol–water partition coefficient (Wildman–Crippen LogP) is 2.75. The quantitative estimate of drug-likeness (QED) is 0.746. The lowest BCUT2D eigenvalue weighted by Gasteiger charge is -2.30. The Morgan fingerprint density at radius 3 is 2.21 bits per heavy atom. The number of benzene rings is 1. The summed E-state index contributed by atoms with van der Waals surface area (Å²) in [7, 11) is 2.09. The molecular formula is C12H20N2. The minimum atomic E-state index is 0.500. The summed E-state index contributed by atoms with van der Waals surface area (Å²) in [4.78, 5) is 2.24. The standard InChI is InChI=1S/C12H20N2/c1-9(2)10(3)14(4)12-8-6-5-7-11(12)13/h5-10H,13H2,1-4H3. The molecule has 0 saturated heterocycles. The minimum absolute atomic E-state index is 0.500. The number of hydrogen-bond acceptors (Lipinski definition) is 2. The van der Waals surface area contributed by atoms with E-state index in [-0.39, 0.29) is 0 Å². The first-order valence-electron chi connectivity index (χ1n) is 5.11. The molecule has 0 spiro atoms. The molecule has 0 aromatic heterocycles. The Kier molecular flexibility index (Phi) is 3.39. The zero-order valence-corrected chi connectivity index (χ0v) is 9.49. The van der Waals surface area contributed by atoms with Crippen molar-refractivity contribution in [3.05, 3.63) is 24.3 Å². The highest BCUT2D eigenvalue weighted by Crippen LogP contribution is 2.24. The Balaban J connectivity index is 2.89. The highest BCUT2D eigenvalue weighted by atomic mass is 15.1. The maximum absolute atomic E-state index is 5.92. The van der Waals surface area contributed by atoms with Gasteiger partial charge in [0.05, 0.1) is 11.4 Å². The van der Waals surface area contributed by atoms with Crippen LogP contribution in [0.5, 0.6) is 0 Å². The fourth-order valence-corrected chi connectivity index (χ4v) is 1.48. The number of para-hydroxylation sites is 2. The SMILES string of the molecule is CC(C)C(C)N(C)c1ccccc1N. The molecule has 2 heteroatoms. The van der Waals surface area contributed by atoms with Gasteiger partial charge in [0.1, 0.15) is 0 Å². The number of hydrogen-bond donors (Lipinski definition) is 1. The molecule has 0 radical (unpaired) electrons. The Morgan fingerprint density at radius 1 is 1.14 bits per heavy atom. The van der Waals surface area contributed by atoms with Crippen molar-refractivity contribution in [2.24, 2.45) is 5.92 Å². The summed E-state index contributed by atoms with van der Waals surface area (Å²) in [5.74, 6) is 0.625. The van der Waals surface area contributed by atoms with E-state index in [2.05, 4.69) is 38.8 Å². The Morgan fingerprint density at radius 2 is 1.71 bits per heavy atom. The molecule has 0 amide bonds. The third kappa shape index (κ3) is 2.19. The second-order valence-corrected chi connectivity index (χ2v) is 4.15. The van der Waals surface area contributed by atoms with Gasteiger partial charge in [-0.15, -0.1) is 0 Å². The fourth-order valence-electron chi connectivity index (χ4n) is 1.48. The topological polar surface area (TPSA) is 29.3 Å².